The second-order valence-corrected chi connectivity index (χ2v) is 10.4. The van der Waals surface area contributed by atoms with Crippen LogP contribution in [0.15, 0.2) is 60.7 Å². The van der Waals surface area contributed by atoms with E-state index < -0.39 is 68.6 Å². The SMILES string of the molecule is CC(C)(O)C(=O)Nc1ccc([N+](=O)[O-])c(C(F)(F)F)c1.[C-]#[N+]c1ccc(NC(=O)C(C)(O)Cc2ccc(F)cc2)cc1C(F)(F)F. The van der Waals surface area contributed by atoms with E-state index in [2.05, 4.69) is 10.2 Å². The first-order chi connectivity index (χ1) is 21.0. The number of nitro benzene ring substituents is 1. The van der Waals surface area contributed by atoms with Crippen LogP contribution < -0.4 is 10.6 Å². The third kappa shape index (κ3) is 10.2. The van der Waals surface area contributed by atoms with Crippen LogP contribution in [0.3, 0.4) is 0 Å². The number of nitro groups is 1. The molecule has 0 bridgehead atoms. The number of rotatable bonds is 7. The Hall–Kier alpha value is -5.08. The lowest BCUT2D eigenvalue weighted by Gasteiger charge is -2.23. The first kappa shape index (κ1) is 37.1. The third-order valence-electron chi connectivity index (χ3n) is 5.94. The standard InChI is InChI=1S/C18H14F4N2O2.C11H11F3N2O4/c1-17(26,10-11-3-5-12(19)6-4-11)16(25)24-13-7-8-15(23-2)14(9-13)18(20,21)22;1-10(2,18)9(17)15-6-3-4-8(16(19)20)7(5-6)11(12,13)14/h3-9,26H,10H2,1H3,(H,24,25);3-5,18H,1-2H3,(H,15,17). The van der Waals surface area contributed by atoms with Crippen molar-refractivity contribution in [3.63, 3.8) is 0 Å². The lowest BCUT2D eigenvalue weighted by molar-refractivity contribution is -0.388. The number of aliphatic hydroxyl groups is 2. The zero-order chi connectivity index (χ0) is 35.3. The molecule has 17 heteroatoms. The molecule has 3 aromatic carbocycles. The van der Waals surface area contributed by atoms with E-state index in [1.807, 2.05) is 5.32 Å². The van der Waals surface area contributed by atoms with Crippen LogP contribution in [0.25, 0.3) is 4.85 Å². The van der Waals surface area contributed by atoms with Crippen molar-refractivity contribution < 1.29 is 55.5 Å². The molecule has 46 heavy (non-hydrogen) atoms. The highest BCUT2D eigenvalue weighted by Gasteiger charge is 2.39. The summed E-state index contributed by atoms with van der Waals surface area (Å²) in [7, 11) is 0. The number of amides is 2. The van der Waals surface area contributed by atoms with Crippen molar-refractivity contribution in [3.8, 4) is 0 Å². The maximum absolute atomic E-state index is 13.0. The van der Waals surface area contributed by atoms with E-state index in [1.165, 1.54) is 31.2 Å². The van der Waals surface area contributed by atoms with E-state index in [9.17, 15) is 60.6 Å². The fraction of sp³-hybridized carbons (Fsp3) is 0.276. The van der Waals surface area contributed by atoms with Crippen LogP contribution in [-0.2, 0) is 28.4 Å². The number of nitrogens with one attached hydrogen (secondary N) is 2. The van der Waals surface area contributed by atoms with Gasteiger partial charge in [0.25, 0.3) is 17.5 Å². The lowest BCUT2D eigenvalue weighted by Crippen LogP contribution is -2.42. The van der Waals surface area contributed by atoms with Crippen molar-refractivity contribution >= 4 is 34.6 Å². The number of carbonyl (C=O) groups excluding carboxylic acids is 2. The van der Waals surface area contributed by atoms with Gasteiger partial charge in [-0.2, -0.15) is 26.3 Å². The van der Waals surface area contributed by atoms with Crippen LogP contribution in [0.1, 0.15) is 37.5 Å². The van der Waals surface area contributed by atoms with Crippen LogP contribution in [0.2, 0.25) is 0 Å². The van der Waals surface area contributed by atoms with Gasteiger partial charge in [0, 0.05) is 23.9 Å². The molecule has 0 saturated carbocycles. The van der Waals surface area contributed by atoms with Gasteiger partial charge in [0.05, 0.1) is 17.1 Å². The Labute approximate surface area is 256 Å². The maximum Gasteiger partial charge on any atom is 0.423 e. The summed E-state index contributed by atoms with van der Waals surface area (Å²) in [5, 5.41) is 34.5. The average Bonchev–Trinajstić information content (AvgIpc) is 2.93. The molecule has 0 aliphatic rings. The zero-order valence-electron chi connectivity index (χ0n) is 24.0. The van der Waals surface area contributed by atoms with Gasteiger partial charge < -0.3 is 20.8 Å². The Bertz CT molecular complexity index is 1640. The van der Waals surface area contributed by atoms with Crippen molar-refractivity contribution in [2.45, 2.75) is 50.7 Å². The van der Waals surface area contributed by atoms with Crippen LogP contribution in [0, 0.1) is 22.5 Å². The van der Waals surface area contributed by atoms with E-state index in [4.69, 9.17) is 6.57 Å². The normalized spacial score (nSPS) is 12.9. The zero-order valence-corrected chi connectivity index (χ0v) is 24.0. The van der Waals surface area contributed by atoms with E-state index >= 15 is 0 Å². The Kier molecular flexibility index (Phi) is 11.2. The van der Waals surface area contributed by atoms with Crippen molar-refractivity contribution in [2.24, 2.45) is 0 Å². The van der Waals surface area contributed by atoms with Crippen LogP contribution >= 0.6 is 0 Å². The molecule has 3 aromatic rings. The molecule has 4 N–H and O–H groups in total. The second kappa shape index (κ2) is 13.9. The number of halogens is 7. The van der Waals surface area contributed by atoms with Gasteiger partial charge in [0.2, 0.25) is 0 Å². The first-order valence-electron chi connectivity index (χ1n) is 12.7. The quantitative estimate of drug-likeness (QED) is 0.0968. The van der Waals surface area contributed by atoms with Crippen molar-refractivity contribution in [3.05, 3.63) is 105 Å². The molecule has 0 saturated heterocycles. The van der Waals surface area contributed by atoms with Gasteiger partial charge in [-0.25, -0.2) is 9.24 Å². The van der Waals surface area contributed by atoms with Gasteiger partial charge in [-0.1, -0.05) is 18.2 Å². The number of hydrogen-bond acceptors (Lipinski definition) is 6. The molecular weight excluding hydrogens is 633 g/mol. The number of anilines is 2. The summed E-state index contributed by atoms with van der Waals surface area (Å²) in [4.78, 5) is 35.9. The number of benzene rings is 3. The lowest BCUT2D eigenvalue weighted by atomic mass is 9.95. The van der Waals surface area contributed by atoms with E-state index in [0.717, 1.165) is 32.0 Å². The third-order valence-corrected chi connectivity index (χ3v) is 5.94. The van der Waals surface area contributed by atoms with Gasteiger partial charge in [0.15, 0.2) is 5.69 Å². The smallest absolute Gasteiger partial charge is 0.381 e. The Morgan fingerprint density at radius 3 is 1.76 bits per heavy atom. The number of alkyl halides is 6. The van der Waals surface area contributed by atoms with Gasteiger partial charge in [0.1, 0.15) is 22.6 Å². The molecule has 3 rings (SSSR count). The summed E-state index contributed by atoms with van der Waals surface area (Å²) in [5.74, 6) is -2.33. The molecular formula is C29H25F7N4O6. The minimum Gasteiger partial charge on any atom is -0.381 e. The highest BCUT2D eigenvalue weighted by atomic mass is 19.4. The molecule has 0 aromatic heterocycles. The fourth-order valence-corrected chi connectivity index (χ4v) is 3.57. The molecule has 0 fully saturated rings. The van der Waals surface area contributed by atoms with Gasteiger partial charge in [-0.05, 0) is 62.7 Å². The summed E-state index contributed by atoms with van der Waals surface area (Å²) in [6.45, 7) is 10.3. The Balaban J connectivity index is 0.000000332. The topological polar surface area (TPSA) is 146 Å². The molecule has 0 radical (unpaired) electrons. The molecule has 0 heterocycles. The first-order valence-corrected chi connectivity index (χ1v) is 12.7. The molecule has 2 amide bonds. The van der Waals surface area contributed by atoms with E-state index in [0.29, 0.717) is 23.8 Å². The largest absolute Gasteiger partial charge is 0.423 e. The summed E-state index contributed by atoms with van der Waals surface area (Å²) < 4.78 is 89.9. The summed E-state index contributed by atoms with van der Waals surface area (Å²) in [6.07, 6.45) is -9.85. The predicted octanol–water partition coefficient (Wildman–Crippen LogP) is 6.65. The van der Waals surface area contributed by atoms with Gasteiger partial charge >= 0.3 is 12.4 Å². The number of hydrogen-bond donors (Lipinski definition) is 4. The second-order valence-electron chi connectivity index (χ2n) is 10.4. The molecule has 0 spiro atoms. The molecule has 246 valence electrons. The number of carbonyl (C=O) groups is 2. The molecule has 10 nitrogen and oxygen atoms in total. The minimum absolute atomic E-state index is 0.161. The van der Waals surface area contributed by atoms with Gasteiger partial charge in [-0.15, -0.1) is 0 Å². The van der Waals surface area contributed by atoms with E-state index in [-0.39, 0.29) is 17.8 Å². The van der Waals surface area contributed by atoms with Crippen LogP contribution in [0.4, 0.5) is 53.5 Å². The average molecular weight is 659 g/mol. The van der Waals surface area contributed by atoms with Crippen LogP contribution in [0.5, 0.6) is 0 Å². The summed E-state index contributed by atoms with van der Waals surface area (Å²) >= 11 is 0. The van der Waals surface area contributed by atoms with Gasteiger partial charge in [-0.3, -0.25) is 19.7 Å². The van der Waals surface area contributed by atoms with Crippen molar-refractivity contribution in [1.82, 2.24) is 0 Å². The Morgan fingerprint density at radius 1 is 0.826 bits per heavy atom. The fourth-order valence-electron chi connectivity index (χ4n) is 3.57. The molecule has 1 atom stereocenters. The summed E-state index contributed by atoms with van der Waals surface area (Å²) in [5.41, 5.74) is -8.10. The van der Waals surface area contributed by atoms with Crippen molar-refractivity contribution in [2.75, 3.05) is 10.6 Å². The molecule has 0 aliphatic carbocycles. The van der Waals surface area contributed by atoms with E-state index in [1.54, 1.807) is 0 Å². The predicted molar refractivity (Wildman–Crippen MR) is 150 cm³/mol. The highest BCUT2D eigenvalue weighted by molar-refractivity contribution is 5.97. The Morgan fingerprint density at radius 2 is 1.30 bits per heavy atom. The van der Waals surface area contributed by atoms with Crippen molar-refractivity contribution in [1.29, 1.82) is 0 Å². The maximum atomic E-state index is 13.0. The monoisotopic (exact) mass is 658 g/mol. The minimum atomic E-state index is -4.93. The highest BCUT2D eigenvalue weighted by Crippen LogP contribution is 2.39. The molecule has 1 unspecified atom stereocenters. The molecule has 0 aliphatic heterocycles. The summed E-state index contributed by atoms with van der Waals surface area (Å²) in [6, 6.07) is 9.90. The number of nitrogens with zero attached hydrogens (tertiary/aromatic N) is 2. The van der Waals surface area contributed by atoms with Crippen LogP contribution in [-0.4, -0.2) is 38.2 Å².